The van der Waals surface area contributed by atoms with E-state index in [1.54, 1.807) is 0 Å². The largest absolute Gasteiger partial charge is 0.492 e. The zero-order valence-corrected chi connectivity index (χ0v) is 16.5. The maximum atomic E-state index is 11.5. The van der Waals surface area contributed by atoms with Gasteiger partial charge in [0.2, 0.25) is 0 Å². The lowest BCUT2D eigenvalue weighted by atomic mass is 9.91. The van der Waals surface area contributed by atoms with Gasteiger partial charge >= 0.3 is 5.97 Å². The summed E-state index contributed by atoms with van der Waals surface area (Å²) in [6.07, 6.45) is 3.87. The first-order valence-corrected chi connectivity index (χ1v) is 10.3. The van der Waals surface area contributed by atoms with Crippen molar-refractivity contribution >= 4 is 5.97 Å². The van der Waals surface area contributed by atoms with Gasteiger partial charge in [0.15, 0.2) is 0 Å². The average Bonchev–Trinajstić information content (AvgIpc) is 3.30. The second kappa shape index (κ2) is 8.78. The molecule has 1 aliphatic heterocycles. The van der Waals surface area contributed by atoms with Crippen LogP contribution in [0.25, 0.3) is 0 Å². The lowest BCUT2D eigenvalue weighted by molar-refractivity contribution is -0.142. The lowest BCUT2D eigenvalue weighted by Gasteiger charge is -2.30. The first-order chi connectivity index (χ1) is 13.7. The summed E-state index contributed by atoms with van der Waals surface area (Å²) in [5, 5.41) is 0. The molecule has 2 bridgehead atoms. The SMILES string of the molecule is COC(=O)C[C@@H]1C[C@H]2C[C@@H]1CN2CCOc1ccc(Cc2ccccc2)cc1. The molecule has 0 radical (unpaired) electrons. The summed E-state index contributed by atoms with van der Waals surface area (Å²) in [7, 11) is 1.48. The number of fused-ring (bicyclic) bond motifs is 2. The molecule has 2 fully saturated rings. The second-order valence-electron chi connectivity index (χ2n) is 8.08. The molecule has 2 aliphatic rings. The van der Waals surface area contributed by atoms with Crippen molar-refractivity contribution in [2.45, 2.75) is 31.7 Å². The number of hydrogen-bond donors (Lipinski definition) is 0. The molecule has 2 aromatic rings. The Kier molecular flexibility index (Phi) is 5.96. The third-order valence-corrected chi connectivity index (χ3v) is 6.28. The standard InChI is InChI=1S/C24H29NO3/c1-27-24(26)16-20-14-22-15-21(20)17-25(22)11-12-28-23-9-7-19(8-10-23)13-18-5-3-2-4-6-18/h2-10,20-22H,11-17H2,1H3/t20-,21+,22-/m0/s1. The predicted molar refractivity (Wildman–Crippen MR) is 109 cm³/mol. The molecule has 148 valence electrons. The zero-order valence-electron chi connectivity index (χ0n) is 16.5. The summed E-state index contributed by atoms with van der Waals surface area (Å²) in [6.45, 7) is 2.76. The molecule has 28 heavy (non-hydrogen) atoms. The van der Waals surface area contributed by atoms with Gasteiger partial charge in [-0.3, -0.25) is 9.69 Å². The van der Waals surface area contributed by atoms with E-state index in [0.29, 0.717) is 30.9 Å². The minimum atomic E-state index is -0.0665. The number of rotatable bonds is 8. The molecule has 4 rings (SSSR count). The Morgan fingerprint density at radius 3 is 2.46 bits per heavy atom. The van der Waals surface area contributed by atoms with Crippen LogP contribution in [0.15, 0.2) is 54.6 Å². The van der Waals surface area contributed by atoms with Crippen molar-refractivity contribution in [3.63, 3.8) is 0 Å². The summed E-state index contributed by atoms with van der Waals surface area (Å²) in [4.78, 5) is 14.1. The fourth-order valence-corrected chi connectivity index (χ4v) is 4.79. The van der Waals surface area contributed by atoms with Gasteiger partial charge in [-0.15, -0.1) is 0 Å². The van der Waals surface area contributed by atoms with E-state index in [9.17, 15) is 4.79 Å². The summed E-state index contributed by atoms with van der Waals surface area (Å²) in [6, 6.07) is 19.6. The minimum absolute atomic E-state index is 0.0665. The van der Waals surface area contributed by atoms with Gasteiger partial charge in [0.25, 0.3) is 0 Å². The quantitative estimate of drug-likeness (QED) is 0.652. The zero-order chi connectivity index (χ0) is 19.3. The van der Waals surface area contributed by atoms with Crippen molar-refractivity contribution < 1.29 is 14.3 Å². The number of nitrogens with zero attached hydrogens (tertiary/aromatic N) is 1. The van der Waals surface area contributed by atoms with Gasteiger partial charge in [-0.1, -0.05) is 42.5 Å². The number of methoxy groups -OCH3 is 1. The third kappa shape index (κ3) is 4.56. The van der Waals surface area contributed by atoms with Crippen LogP contribution in [-0.4, -0.2) is 43.7 Å². The van der Waals surface area contributed by atoms with Crippen LogP contribution < -0.4 is 4.74 Å². The highest BCUT2D eigenvalue weighted by Crippen LogP contribution is 2.43. The van der Waals surface area contributed by atoms with Crippen LogP contribution in [0.2, 0.25) is 0 Å². The van der Waals surface area contributed by atoms with E-state index in [1.165, 1.54) is 24.7 Å². The summed E-state index contributed by atoms with van der Waals surface area (Å²) in [5.41, 5.74) is 2.62. The smallest absolute Gasteiger partial charge is 0.305 e. The van der Waals surface area contributed by atoms with Crippen LogP contribution >= 0.6 is 0 Å². The van der Waals surface area contributed by atoms with Crippen LogP contribution in [0.5, 0.6) is 5.75 Å². The van der Waals surface area contributed by atoms with Crippen molar-refractivity contribution in [1.82, 2.24) is 4.90 Å². The average molecular weight is 380 g/mol. The highest BCUT2D eigenvalue weighted by atomic mass is 16.5. The molecule has 1 saturated heterocycles. The first-order valence-electron chi connectivity index (χ1n) is 10.3. The third-order valence-electron chi connectivity index (χ3n) is 6.28. The maximum absolute atomic E-state index is 11.5. The summed E-state index contributed by atoms with van der Waals surface area (Å²) in [5.74, 6) is 2.01. The van der Waals surface area contributed by atoms with Crippen molar-refractivity contribution in [2.24, 2.45) is 11.8 Å². The van der Waals surface area contributed by atoms with Crippen LogP contribution in [0, 0.1) is 11.8 Å². The topological polar surface area (TPSA) is 38.8 Å². The Morgan fingerprint density at radius 1 is 1.04 bits per heavy atom. The van der Waals surface area contributed by atoms with E-state index in [-0.39, 0.29) is 5.97 Å². The van der Waals surface area contributed by atoms with Gasteiger partial charge in [-0.2, -0.15) is 0 Å². The number of esters is 1. The Bertz CT molecular complexity index is 774. The molecule has 3 atom stereocenters. The molecular formula is C24H29NO3. The Hall–Kier alpha value is -2.33. The molecule has 0 aromatic heterocycles. The van der Waals surface area contributed by atoms with Gasteiger partial charge in [-0.25, -0.2) is 0 Å². The number of hydrogen-bond acceptors (Lipinski definition) is 4. The summed E-state index contributed by atoms with van der Waals surface area (Å²) >= 11 is 0. The molecule has 2 aromatic carbocycles. The number of likely N-dealkylation sites (tertiary alicyclic amines) is 1. The molecule has 0 N–H and O–H groups in total. The highest BCUT2D eigenvalue weighted by Gasteiger charge is 2.44. The van der Waals surface area contributed by atoms with Crippen LogP contribution in [0.1, 0.15) is 30.4 Å². The fourth-order valence-electron chi connectivity index (χ4n) is 4.79. The minimum Gasteiger partial charge on any atom is -0.492 e. The molecule has 0 unspecified atom stereocenters. The lowest BCUT2D eigenvalue weighted by Crippen LogP contribution is -2.38. The maximum Gasteiger partial charge on any atom is 0.305 e. The molecule has 1 saturated carbocycles. The van der Waals surface area contributed by atoms with Gasteiger partial charge in [0.05, 0.1) is 7.11 Å². The van der Waals surface area contributed by atoms with Crippen LogP contribution in [0.3, 0.4) is 0 Å². The van der Waals surface area contributed by atoms with Crippen molar-refractivity contribution in [3.05, 3.63) is 65.7 Å². The number of carbonyl (C=O) groups excluding carboxylic acids is 1. The molecule has 4 heteroatoms. The van der Waals surface area contributed by atoms with E-state index < -0.39 is 0 Å². The van der Waals surface area contributed by atoms with Crippen LogP contribution in [0.4, 0.5) is 0 Å². The van der Waals surface area contributed by atoms with Crippen molar-refractivity contribution in [1.29, 1.82) is 0 Å². The van der Waals surface area contributed by atoms with E-state index in [4.69, 9.17) is 9.47 Å². The Balaban J connectivity index is 1.20. The van der Waals surface area contributed by atoms with Gasteiger partial charge in [0, 0.05) is 25.6 Å². The van der Waals surface area contributed by atoms with Crippen molar-refractivity contribution in [2.75, 3.05) is 26.8 Å². The molecule has 0 spiro atoms. The Labute approximate surface area is 167 Å². The van der Waals surface area contributed by atoms with Gasteiger partial charge in [-0.05, 0) is 54.4 Å². The van der Waals surface area contributed by atoms with E-state index in [1.807, 2.05) is 6.07 Å². The molecular weight excluding hydrogens is 350 g/mol. The number of piperidine rings is 1. The van der Waals surface area contributed by atoms with Crippen molar-refractivity contribution in [3.8, 4) is 5.75 Å². The highest BCUT2D eigenvalue weighted by molar-refractivity contribution is 5.69. The molecule has 4 nitrogen and oxygen atoms in total. The monoisotopic (exact) mass is 379 g/mol. The van der Waals surface area contributed by atoms with Gasteiger partial charge < -0.3 is 9.47 Å². The number of ether oxygens (including phenoxy) is 2. The summed E-state index contributed by atoms with van der Waals surface area (Å²) < 4.78 is 10.8. The molecule has 1 aliphatic carbocycles. The van der Waals surface area contributed by atoms with E-state index in [0.717, 1.165) is 31.7 Å². The first kappa shape index (κ1) is 19.0. The molecule has 0 amide bonds. The molecule has 1 heterocycles. The van der Waals surface area contributed by atoms with Crippen LogP contribution in [-0.2, 0) is 16.0 Å². The van der Waals surface area contributed by atoms with Gasteiger partial charge in [0.1, 0.15) is 12.4 Å². The fraction of sp³-hybridized carbons (Fsp3) is 0.458. The number of benzene rings is 2. The second-order valence-corrected chi connectivity index (χ2v) is 8.08. The van der Waals surface area contributed by atoms with E-state index in [2.05, 4.69) is 53.4 Å². The normalized spacial score (nSPS) is 23.7. The predicted octanol–water partition coefficient (Wildman–Crippen LogP) is 3.93. The van der Waals surface area contributed by atoms with E-state index >= 15 is 0 Å². The number of carbonyl (C=O) groups is 1. The Morgan fingerprint density at radius 2 is 1.79 bits per heavy atom.